The lowest BCUT2D eigenvalue weighted by atomic mass is 10.1. The van der Waals surface area contributed by atoms with Crippen LogP contribution in [0, 0.1) is 0 Å². The largest absolute Gasteiger partial charge is 0.345 e. The van der Waals surface area contributed by atoms with Crippen LogP contribution < -0.4 is 10.7 Å². The number of nitrogens with one attached hydrogen (secondary N) is 2. The molecule has 19 heavy (non-hydrogen) atoms. The Morgan fingerprint density at radius 1 is 1.32 bits per heavy atom. The van der Waals surface area contributed by atoms with E-state index in [2.05, 4.69) is 15.8 Å². The molecule has 0 radical (unpaired) electrons. The first kappa shape index (κ1) is 13.5. The highest BCUT2D eigenvalue weighted by molar-refractivity contribution is 6.35. The smallest absolute Gasteiger partial charge is 0.329 e. The van der Waals surface area contributed by atoms with Crippen LogP contribution in [0.1, 0.15) is 25.3 Å². The molecule has 0 aliphatic heterocycles. The first-order valence-corrected chi connectivity index (χ1v) is 6.35. The maximum absolute atomic E-state index is 11.5. The molecule has 2 N–H and O–H groups in total. The zero-order valence-corrected chi connectivity index (χ0v) is 11.2. The summed E-state index contributed by atoms with van der Waals surface area (Å²) in [6.07, 6.45) is 1.87. The molecule has 0 spiro atoms. The maximum Gasteiger partial charge on any atom is 0.329 e. The SMILES string of the molecule is C/C(=N/NC(=O)C(=O)NC1CC1)c1cccc(Cl)c1. The summed E-state index contributed by atoms with van der Waals surface area (Å²) in [5.74, 6) is -1.40. The number of hydrogen-bond acceptors (Lipinski definition) is 3. The summed E-state index contributed by atoms with van der Waals surface area (Å²) in [4.78, 5) is 22.8. The van der Waals surface area contributed by atoms with Gasteiger partial charge in [0.1, 0.15) is 0 Å². The van der Waals surface area contributed by atoms with E-state index in [1.54, 1.807) is 25.1 Å². The van der Waals surface area contributed by atoms with E-state index >= 15 is 0 Å². The van der Waals surface area contributed by atoms with E-state index in [4.69, 9.17) is 11.6 Å². The standard InChI is InChI=1S/C13H14ClN3O2/c1-8(9-3-2-4-10(14)7-9)16-17-13(19)12(18)15-11-5-6-11/h2-4,7,11H,5-6H2,1H3,(H,15,18)(H,17,19)/b16-8-. The molecule has 1 aromatic rings. The number of amides is 2. The van der Waals surface area contributed by atoms with E-state index in [1.807, 2.05) is 6.07 Å². The molecule has 0 unspecified atom stereocenters. The second kappa shape index (κ2) is 5.84. The molecular weight excluding hydrogens is 266 g/mol. The number of nitrogens with zero attached hydrogens (tertiary/aromatic N) is 1. The lowest BCUT2D eigenvalue weighted by molar-refractivity contribution is -0.139. The Bertz CT molecular complexity index is 538. The van der Waals surface area contributed by atoms with Crippen LogP contribution in [0.5, 0.6) is 0 Å². The summed E-state index contributed by atoms with van der Waals surface area (Å²) in [6.45, 7) is 1.73. The molecule has 1 aliphatic rings. The predicted octanol–water partition coefficient (Wildman–Crippen LogP) is 1.46. The van der Waals surface area contributed by atoms with Crippen LogP contribution in [0.3, 0.4) is 0 Å². The Morgan fingerprint density at radius 3 is 2.68 bits per heavy atom. The first-order chi connectivity index (χ1) is 9.06. The van der Waals surface area contributed by atoms with E-state index < -0.39 is 11.8 Å². The molecule has 0 saturated heterocycles. The Morgan fingerprint density at radius 2 is 2.05 bits per heavy atom. The van der Waals surface area contributed by atoms with E-state index in [9.17, 15) is 9.59 Å². The van der Waals surface area contributed by atoms with Gasteiger partial charge in [0, 0.05) is 11.1 Å². The quantitative estimate of drug-likeness (QED) is 0.500. The van der Waals surface area contributed by atoms with Crippen molar-refractivity contribution >= 4 is 29.1 Å². The predicted molar refractivity (Wildman–Crippen MR) is 73.0 cm³/mol. The van der Waals surface area contributed by atoms with Crippen molar-refractivity contribution in [3.63, 3.8) is 0 Å². The van der Waals surface area contributed by atoms with Gasteiger partial charge < -0.3 is 5.32 Å². The molecule has 0 heterocycles. The van der Waals surface area contributed by atoms with Crippen molar-refractivity contribution in [1.82, 2.24) is 10.7 Å². The molecular formula is C13H14ClN3O2. The van der Waals surface area contributed by atoms with Crippen molar-refractivity contribution in [2.75, 3.05) is 0 Å². The normalized spacial score (nSPS) is 14.9. The van der Waals surface area contributed by atoms with Crippen LogP contribution in [-0.4, -0.2) is 23.6 Å². The molecule has 0 aromatic heterocycles. The van der Waals surface area contributed by atoms with Crippen molar-refractivity contribution < 1.29 is 9.59 Å². The highest BCUT2D eigenvalue weighted by Crippen LogP contribution is 2.18. The van der Waals surface area contributed by atoms with Gasteiger partial charge in [-0.25, -0.2) is 5.43 Å². The van der Waals surface area contributed by atoms with Gasteiger partial charge >= 0.3 is 11.8 Å². The van der Waals surface area contributed by atoms with Crippen LogP contribution in [-0.2, 0) is 9.59 Å². The van der Waals surface area contributed by atoms with Crippen molar-refractivity contribution in [3.8, 4) is 0 Å². The number of hydrazone groups is 1. The molecule has 1 aliphatic carbocycles. The van der Waals surface area contributed by atoms with Crippen LogP contribution in [0.4, 0.5) is 0 Å². The zero-order chi connectivity index (χ0) is 13.8. The third kappa shape index (κ3) is 4.06. The van der Waals surface area contributed by atoms with E-state index in [-0.39, 0.29) is 6.04 Å². The van der Waals surface area contributed by atoms with Gasteiger partial charge in [0.05, 0.1) is 5.71 Å². The number of rotatable bonds is 3. The summed E-state index contributed by atoms with van der Waals surface area (Å²) in [5.41, 5.74) is 3.59. The molecule has 1 saturated carbocycles. The van der Waals surface area contributed by atoms with Crippen LogP contribution in [0.2, 0.25) is 5.02 Å². The monoisotopic (exact) mass is 279 g/mol. The second-order valence-corrected chi connectivity index (χ2v) is 4.83. The van der Waals surface area contributed by atoms with Crippen LogP contribution >= 0.6 is 11.6 Å². The third-order valence-electron chi connectivity index (χ3n) is 2.69. The average molecular weight is 280 g/mol. The second-order valence-electron chi connectivity index (χ2n) is 4.40. The van der Waals surface area contributed by atoms with Gasteiger partial charge in [-0.3, -0.25) is 9.59 Å². The molecule has 1 aromatic carbocycles. The first-order valence-electron chi connectivity index (χ1n) is 5.97. The summed E-state index contributed by atoms with van der Waals surface area (Å²) in [6, 6.07) is 7.24. The lowest BCUT2D eigenvalue weighted by Gasteiger charge is -2.03. The van der Waals surface area contributed by atoms with Crippen molar-refractivity contribution in [2.45, 2.75) is 25.8 Å². The third-order valence-corrected chi connectivity index (χ3v) is 2.92. The van der Waals surface area contributed by atoms with Gasteiger partial charge in [-0.15, -0.1) is 0 Å². The number of carbonyl (C=O) groups is 2. The highest BCUT2D eigenvalue weighted by atomic mass is 35.5. The fraction of sp³-hybridized carbons (Fsp3) is 0.308. The highest BCUT2D eigenvalue weighted by Gasteiger charge is 2.26. The molecule has 0 atom stereocenters. The van der Waals surface area contributed by atoms with Gasteiger partial charge in [-0.2, -0.15) is 5.10 Å². The molecule has 5 nitrogen and oxygen atoms in total. The zero-order valence-electron chi connectivity index (χ0n) is 10.4. The van der Waals surface area contributed by atoms with Crippen LogP contribution in [0.15, 0.2) is 29.4 Å². The molecule has 6 heteroatoms. The summed E-state index contributed by atoms with van der Waals surface area (Å²) in [7, 11) is 0. The van der Waals surface area contributed by atoms with E-state index in [1.165, 1.54) is 0 Å². The fourth-order valence-electron chi connectivity index (χ4n) is 1.44. The van der Waals surface area contributed by atoms with Gasteiger partial charge in [0.25, 0.3) is 0 Å². The Balaban J connectivity index is 1.93. The minimum Gasteiger partial charge on any atom is -0.345 e. The van der Waals surface area contributed by atoms with Crippen LogP contribution in [0.25, 0.3) is 0 Å². The van der Waals surface area contributed by atoms with Gasteiger partial charge in [-0.1, -0.05) is 23.7 Å². The molecule has 2 amide bonds. The van der Waals surface area contributed by atoms with E-state index in [0.29, 0.717) is 10.7 Å². The molecule has 2 rings (SSSR count). The Hall–Kier alpha value is -1.88. The summed E-state index contributed by atoms with van der Waals surface area (Å²) in [5, 5.41) is 7.05. The van der Waals surface area contributed by atoms with Gasteiger partial charge in [0.2, 0.25) is 0 Å². The average Bonchev–Trinajstić information content (AvgIpc) is 3.19. The van der Waals surface area contributed by atoms with Crippen molar-refractivity contribution in [1.29, 1.82) is 0 Å². The minimum absolute atomic E-state index is 0.149. The summed E-state index contributed by atoms with van der Waals surface area (Å²) >= 11 is 5.86. The number of carbonyl (C=O) groups excluding carboxylic acids is 2. The van der Waals surface area contributed by atoms with Gasteiger partial charge in [-0.05, 0) is 37.5 Å². The van der Waals surface area contributed by atoms with Gasteiger partial charge in [0.15, 0.2) is 0 Å². The number of benzene rings is 1. The summed E-state index contributed by atoms with van der Waals surface area (Å²) < 4.78 is 0. The fourth-order valence-corrected chi connectivity index (χ4v) is 1.63. The molecule has 100 valence electrons. The number of hydrogen-bond donors (Lipinski definition) is 2. The Kier molecular flexibility index (Phi) is 4.16. The minimum atomic E-state index is -0.756. The van der Waals surface area contributed by atoms with E-state index in [0.717, 1.165) is 18.4 Å². The molecule has 1 fully saturated rings. The Labute approximate surface area is 116 Å². The maximum atomic E-state index is 11.5. The number of halogens is 1. The van der Waals surface area contributed by atoms with Crippen molar-refractivity contribution in [3.05, 3.63) is 34.9 Å². The van der Waals surface area contributed by atoms with Crippen molar-refractivity contribution in [2.24, 2.45) is 5.10 Å². The molecule has 0 bridgehead atoms. The lowest BCUT2D eigenvalue weighted by Crippen LogP contribution is -2.39. The topological polar surface area (TPSA) is 70.6 Å².